The van der Waals surface area contributed by atoms with Crippen molar-refractivity contribution < 1.29 is 9.53 Å². The molecule has 0 radical (unpaired) electrons. The van der Waals surface area contributed by atoms with Crippen LogP contribution in [0.2, 0.25) is 5.02 Å². The fourth-order valence-electron chi connectivity index (χ4n) is 1.24. The summed E-state index contributed by atoms with van der Waals surface area (Å²) in [5.74, 6) is -0.0638. The molecule has 6 heteroatoms. The molecule has 0 aliphatic heterocycles. The summed E-state index contributed by atoms with van der Waals surface area (Å²) in [6, 6.07) is 3.16. The maximum absolute atomic E-state index is 11.4. The van der Waals surface area contributed by atoms with Crippen molar-refractivity contribution in [3.8, 4) is 0 Å². The van der Waals surface area contributed by atoms with E-state index in [9.17, 15) is 4.79 Å². The second kappa shape index (κ2) is 5.89. The van der Waals surface area contributed by atoms with Crippen LogP contribution in [0.3, 0.4) is 0 Å². The molecular weight excluding hydrogens is 263 g/mol. The van der Waals surface area contributed by atoms with Gasteiger partial charge in [-0.15, -0.1) is 11.6 Å². The zero-order valence-electron chi connectivity index (χ0n) is 9.46. The predicted octanol–water partition coefficient (Wildman–Crippen LogP) is 2.66. The van der Waals surface area contributed by atoms with Gasteiger partial charge >= 0.3 is 5.97 Å². The number of carbonyl (C=O) groups excluding carboxylic acids is 1. The van der Waals surface area contributed by atoms with Gasteiger partial charge in [0.15, 0.2) is 0 Å². The monoisotopic (exact) mass is 274 g/mol. The molecule has 0 aliphatic rings. The maximum atomic E-state index is 11.4. The van der Waals surface area contributed by atoms with Gasteiger partial charge < -0.3 is 10.5 Å². The van der Waals surface area contributed by atoms with Gasteiger partial charge in [-0.05, 0) is 24.6 Å². The quantitative estimate of drug-likeness (QED) is 0.399. The lowest BCUT2D eigenvalue weighted by Gasteiger charge is -2.07. The number of esters is 1. The molecule has 2 N–H and O–H groups in total. The molecule has 0 spiro atoms. The highest BCUT2D eigenvalue weighted by atomic mass is 35.5. The zero-order valence-corrected chi connectivity index (χ0v) is 11.0. The van der Waals surface area contributed by atoms with Gasteiger partial charge in [0.2, 0.25) is 0 Å². The predicted molar refractivity (Wildman–Crippen MR) is 69.5 cm³/mol. The number of hydrogen-bond acceptors (Lipinski definition) is 3. The number of halogens is 2. The molecule has 1 aromatic carbocycles. The fraction of sp³-hybridized carbons (Fsp3) is 0.273. The third-order valence-corrected chi connectivity index (χ3v) is 2.68. The highest BCUT2D eigenvalue weighted by Gasteiger charge is 2.13. The third kappa shape index (κ3) is 3.35. The molecule has 0 bridgehead atoms. The van der Waals surface area contributed by atoms with E-state index in [1.807, 2.05) is 0 Å². The van der Waals surface area contributed by atoms with Gasteiger partial charge in [0.05, 0.1) is 29.3 Å². The molecule has 17 heavy (non-hydrogen) atoms. The smallest absolute Gasteiger partial charge is 0.339 e. The lowest BCUT2D eigenvalue weighted by atomic mass is 10.1. The minimum absolute atomic E-state index is 0.135. The van der Waals surface area contributed by atoms with Crippen LogP contribution in [0, 0.1) is 6.92 Å². The van der Waals surface area contributed by atoms with E-state index in [0.717, 1.165) is 5.56 Å². The molecule has 92 valence electrons. The summed E-state index contributed by atoms with van der Waals surface area (Å²) in [4.78, 5) is 15.5. The normalized spacial score (nSPS) is 11.4. The van der Waals surface area contributed by atoms with Crippen LogP contribution in [-0.2, 0) is 4.74 Å². The first-order valence-electron chi connectivity index (χ1n) is 4.77. The van der Waals surface area contributed by atoms with Crippen molar-refractivity contribution in [1.29, 1.82) is 0 Å². The SMILES string of the molecule is COC(=O)c1cc(C)c(N=C(N)CCl)cc1Cl. The van der Waals surface area contributed by atoms with Gasteiger partial charge in [-0.2, -0.15) is 0 Å². The Morgan fingerprint density at radius 1 is 1.53 bits per heavy atom. The molecule has 1 rings (SSSR count). The number of carbonyl (C=O) groups is 1. The van der Waals surface area contributed by atoms with E-state index in [0.29, 0.717) is 11.3 Å². The number of methoxy groups -OCH3 is 1. The summed E-state index contributed by atoms with van der Waals surface area (Å²) in [6.07, 6.45) is 0. The first kappa shape index (κ1) is 13.8. The topological polar surface area (TPSA) is 64.7 Å². The summed E-state index contributed by atoms with van der Waals surface area (Å²) in [5, 5.41) is 0.267. The minimum atomic E-state index is -0.487. The highest BCUT2D eigenvalue weighted by molar-refractivity contribution is 6.34. The van der Waals surface area contributed by atoms with Crippen LogP contribution in [0.25, 0.3) is 0 Å². The number of amidine groups is 1. The number of aliphatic imine (C=N–C) groups is 1. The van der Waals surface area contributed by atoms with E-state index in [1.54, 1.807) is 19.1 Å². The van der Waals surface area contributed by atoms with Gasteiger partial charge in [-0.3, -0.25) is 0 Å². The Morgan fingerprint density at radius 2 is 2.18 bits per heavy atom. The first-order chi connectivity index (χ1) is 7.99. The van der Waals surface area contributed by atoms with E-state index in [-0.39, 0.29) is 16.7 Å². The van der Waals surface area contributed by atoms with Crippen LogP contribution in [0.1, 0.15) is 15.9 Å². The van der Waals surface area contributed by atoms with E-state index in [4.69, 9.17) is 28.9 Å². The molecule has 0 amide bonds. The average molecular weight is 275 g/mol. The molecule has 0 heterocycles. The summed E-state index contributed by atoms with van der Waals surface area (Å²) in [5.41, 5.74) is 7.18. The van der Waals surface area contributed by atoms with Gasteiger partial charge in [-0.25, -0.2) is 9.79 Å². The Balaban J connectivity index is 3.23. The summed E-state index contributed by atoms with van der Waals surface area (Å²) in [7, 11) is 1.30. The van der Waals surface area contributed by atoms with Crippen molar-refractivity contribution in [3.05, 3.63) is 28.3 Å². The molecule has 0 atom stereocenters. The van der Waals surface area contributed by atoms with Gasteiger partial charge in [0, 0.05) is 0 Å². The lowest BCUT2D eigenvalue weighted by Crippen LogP contribution is -2.12. The Hall–Kier alpha value is -1.26. The number of nitrogens with zero attached hydrogens (tertiary/aromatic N) is 1. The molecule has 0 saturated heterocycles. The van der Waals surface area contributed by atoms with Gasteiger partial charge in [-0.1, -0.05) is 11.6 Å². The largest absolute Gasteiger partial charge is 0.465 e. The Kier molecular flexibility index (Phi) is 4.78. The number of alkyl halides is 1. The van der Waals surface area contributed by atoms with Crippen LogP contribution >= 0.6 is 23.2 Å². The number of nitrogens with two attached hydrogens (primary N) is 1. The van der Waals surface area contributed by atoms with Crippen LogP contribution in [-0.4, -0.2) is 24.8 Å². The van der Waals surface area contributed by atoms with E-state index in [2.05, 4.69) is 9.73 Å². The summed E-state index contributed by atoms with van der Waals surface area (Å²) >= 11 is 11.5. The number of rotatable bonds is 3. The van der Waals surface area contributed by atoms with Crippen molar-refractivity contribution >= 4 is 40.7 Å². The second-order valence-electron chi connectivity index (χ2n) is 3.35. The second-order valence-corrected chi connectivity index (χ2v) is 4.02. The highest BCUT2D eigenvalue weighted by Crippen LogP contribution is 2.27. The van der Waals surface area contributed by atoms with Crippen molar-refractivity contribution in [2.45, 2.75) is 6.92 Å². The molecule has 4 nitrogen and oxygen atoms in total. The fourth-order valence-corrected chi connectivity index (χ4v) is 1.54. The molecule has 0 aliphatic carbocycles. The number of hydrogen-bond donors (Lipinski definition) is 1. The van der Waals surface area contributed by atoms with Crippen molar-refractivity contribution in [2.75, 3.05) is 13.0 Å². The van der Waals surface area contributed by atoms with Gasteiger partial charge in [0.1, 0.15) is 5.84 Å². The Labute approximate surface area is 109 Å². The lowest BCUT2D eigenvalue weighted by molar-refractivity contribution is 0.0601. The zero-order chi connectivity index (χ0) is 13.0. The number of ether oxygens (including phenoxy) is 1. The Morgan fingerprint density at radius 3 is 2.71 bits per heavy atom. The van der Waals surface area contributed by atoms with E-state index in [1.165, 1.54) is 7.11 Å². The Bertz CT molecular complexity index is 473. The number of benzene rings is 1. The van der Waals surface area contributed by atoms with Crippen molar-refractivity contribution in [2.24, 2.45) is 10.7 Å². The van der Waals surface area contributed by atoms with Crippen LogP contribution in [0.5, 0.6) is 0 Å². The molecule has 0 saturated carbocycles. The van der Waals surface area contributed by atoms with Gasteiger partial charge in [0.25, 0.3) is 0 Å². The van der Waals surface area contributed by atoms with Crippen LogP contribution in [0.15, 0.2) is 17.1 Å². The van der Waals surface area contributed by atoms with Crippen LogP contribution < -0.4 is 5.73 Å². The first-order valence-corrected chi connectivity index (χ1v) is 5.68. The molecule has 0 fully saturated rings. The van der Waals surface area contributed by atoms with E-state index >= 15 is 0 Å². The van der Waals surface area contributed by atoms with Crippen molar-refractivity contribution in [3.63, 3.8) is 0 Å². The molecule has 0 unspecified atom stereocenters. The average Bonchev–Trinajstić information content (AvgIpc) is 2.32. The molecular formula is C11H12Cl2N2O2. The maximum Gasteiger partial charge on any atom is 0.339 e. The number of aryl methyl sites for hydroxylation is 1. The summed E-state index contributed by atoms with van der Waals surface area (Å²) in [6.45, 7) is 1.79. The molecule has 0 aromatic heterocycles. The van der Waals surface area contributed by atoms with Crippen molar-refractivity contribution in [1.82, 2.24) is 0 Å². The van der Waals surface area contributed by atoms with E-state index < -0.39 is 5.97 Å². The minimum Gasteiger partial charge on any atom is -0.465 e. The van der Waals surface area contributed by atoms with Crippen LogP contribution in [0.4, 0.5) is 5.69 Å². The molecule has 1 aromatic rings. The summed E-state index contributed by atoms with van der Waals surface area (Å²) < 4.78 is 4.61. The standard InChI is InChI=1S/C11H12Cl2N2O2/c1-6-3-7(11(16)17-2)8(13)4-9(6)15-10(14)5-12/h3-4H,5H2,1-2H3,(H2,14,15). The third-order valence-electron chi connectivity index (χ3n) is 2.09.